The highest BCUT2D eigenvalue weighted by Gasteiger charge is 2.39. The second-order valence-electron chi connectivity index (χ2n) is 6.42. The molecule has 4 heterocycles. The van der Waals surface area contributed by atoms with Crippen molar-refractivity contribution < 1.29 is 19.1 Å². The molecule has 0 bridgehead atoms. The average Bonchev–Trinajstić information content (AvgIpc) is 3.42. The summed E-state index contributed by atoms with van der Waals surface area (Å²) in [6.45, 7) is 0. The summed E-state index contributed by atoms with van der Waals surface area (Å²) in [6.07, 6.45) is -0.279. The fourth-order valence-electron chi connectivity index (χ4n) is 3.80. The van der Waals surface area contributed by atoms with E-state index in [0.717, 1.165) is 30.6 Å². The van der Waals surface area contributed by atoms with Crippen LogP contribution in [0.1, 0.15) is 53.8 Å². The lowest BCUT2D eigenvalue weighted by molar-refractivity contribution is 0.0693. The topological polar surface area (TPSA) is 55.8 Å². The van der Waals surface area contributed by atoms with Gasteiger partial charge in [0.05, 0.1) is 16.0 Å². The van der Waals surface area contributed by atoms with Crippen LogP contribution in [0.3, 0.4) is 0 Å². The molecule has 0 radical (unpaired) electrons. The summed E-state index contributed by atoms with van der Waals surface area (Å²) in [5, 5.41) is 3.85. The van der Waals surface area contributed by atoms with Gasteiger partial charge in [-0.25, -0.2) is 0 Å². The highest BCUT2D eigenvalue weighted by atomic mass is 32.1. The van der Waals surface area contributed by atoms with Gasteiger partial charge in [0.2, 0.25) is 0 Å². The number of amides is 2. The highest BCUT2D eigenvalue weighted by molar-refractivity contribution is 7.22. The number of fused-ring (bicyclic) bond motifs is 3. The zero-order chi connectivity index (χ0) is 18.9. The molecule has 2 unspecified atom stereocenters. The minimum absolute atomic E-state index is 0.139. The molecule has 27 heavy (non-hydrogen) atoms. The molecule has 0 N–H and O–H groups in total. The van der Waals surface area contributed by atoms with E-state index in [-0.39, 0.29) is 24.0 Å². The lowest BCUT2D eigenvalue weighted by Gasteiger charge is -2.27. The number of thiophene rings is 3. The Bertz CT molecular complexity index is 1050. The summed E-state index contributed by atoms with van der Waals surface area (Å²) in [7, 11) is 4.95. The number of rotatable bonds is 3. The van der Waals surface area contributed by atoms with Gasteiger partial charge < -0.3 is 9.47 Å². The van der Waals surface area contributed by atoms with Gasteiger partial charge in [0.1, 0.15) is 12.2 Å². The number of nitrogens with zero attached hydrogens (tertiary/aromatic N) is 1. The van der Waals surface area contributed by atoms with Gasteiger partial charge in [0.15, 0.2) is 0 Å². The Morgan fingerprint density at radius 3 is 2.48 bits per heavy atom. The van der Waals surface area contributed by atoms with E-state index in [9.17, 15) is 9.59 Å². The number of imide groups is 1. The van der Waals surface area contributed by atoms with Gasteiger partial charge in [-0.2, -0.15) is 0 Å². The molecule has 8 heteroatoms. The summed E-state index contributed by atoms with van der Waals surface area (Å²) >= 11 is 4.72. The molecule has 0 aromatic carbocycles. The van der Waals surface area contributed by atoms with Crippen LogP contribution in [-0.2, 0) is 9.47 Å². The van der Waals surface area contributed by atoms with Gasteiger partial charge in [0.25, 0.3) is 11.8 Å². The third-order valence-corrected chi connectivity index (χ3v) is 8.43. The summed E-state index contributed by atoms with van der Waals surface area (Å²) < 4.78 is 11.6. The van der Waals surface area contributed by atoms with E-state index in [2.05, 4.69) is 17.5 Å². The molecule has 0 fully saturated rings. The molecule has 0 saturated heterocycles. The molecular formula is C19H15NO4S3. The second-order valence-corrected chi connectivity index (χ2v) is 9.34. The van der Waals surface area contributed by atoms with Crippen molar-refractivity contribution in [3.05, 3.63) is 54.9 Å². The maximum absolute atomic E-state index is 12.6. The standard InChI is InChI=1S/C19H15NO4S3/c1-20-18(21)10-7-26-17(12(10)19(20)22)11-6-9-14(24-3)15-8(4-5-25-15)13(23-2)16(9)27-11/h4-7,13-14H,1-3H3. The highest BCUT2D eigenvalue weighted by Crippen LogP contribution is 2.52. The molecule has 0 saturated carbocycles. The molecule has 138 valence electrons. The van der Waals surface area contributed by atoms with Crippen LogP contribution in [0.25, 0.3) is 9.75 Å². The van der Waals surface area contributed by atoms with Crippen LogP contribution in [0.15, 0.2) is 22.9 Å². The van der Waals surface area contributed by atoms with E-state index >= 15 is 0 Å². The third-order valence-electron chi connectivity index (χ3n) is 5.10. The van der Waals surface area contributed by atoms with Crippen LogP contribution in [0, 0.1) is 0 Å². The Labute approximate surface area is 167 Å². The Balaban J connectivity index is 1.68. The number of ether oxygens (including phenoxy) is 2. The number of hydrogen-bond donors (Lipinski definition) is 0. The number of methoxy groups -OCH3 is 2. The van der Waals surface area contributed by atoms with Crippen LogP contribution in [0.5, 0.6) is 0 Å². The van der Waals surface area contributed by atoms with Crippen LogP contribution in [0.2, 0.25) is 0 Å². The zero-order valence-electron chi connectivity index (χ0n) is 14.8. The Morgan fingerprint density at radius 2 is 1.74 bits per heavy atom. The predicted molar refractivity (Wildman–Crippen MR) is 106 cm³/mol. The monoisotopic (exact) mass is 417 g/mol. The summed E-state index contributed by atoms with van der Waals surface area (Å²) in [4.78, 5) is 30.0. The van der Waals surface area contributed by atoms with Crippen molar-refractivity contribution in [2.24, 2.45) is 0 Å². The first-order valence-corrected chi connectivity index (χ1v) is 10.8. The Kier molecular flexibility index (Phi) is 3.89. The maximum Gasteiger partial charge on any atom is 0.262 e. The molecular weight excluding hydrogens is 402 g/mol. The van der Waals surface area contributed by atoms with Gasteiger partial charge in [-0.3, -0.25) is 14.5 Å². The summed E-state index contributed by atoms with van der Waals surface area (Å²) in [5.74, 6) is -0.464. The number of hydrogen-bond acceptors (Lipinski definition) is 7. The maximum atomic E-state index is 12.6. The Hall–Kier alpha value is -1.84. The van der Waals surface area contributed by atoms with Gasteiger partial charge in [-0.05, 0) is 17.5 Å². The molecule has 2 amide bonds. The normalized spacial score (nSPS) is 20.8. The molecule has 1 aliphatic heterocycles. The van der Waals surface area contributed by atoms with Crippen molar-refractivity contribution in [1.82, 2.24) is 4.90 Å². The van der Waals surface area contributed by atoms with Crippen molar-refractivity contribution in [3.8, 4) is 9.75 Å². The third kappa shape index (κ3) is 2.22. The fourth-order valence-corrected chi connectivity index (χ4v) is 7.27. The molecule has 1 aliphatic carbocycles. The first-order valence-electron chi connectivity index (χ1n) is 8.27. The van der Waals surface area contributed by atoms with Gasteiger partial charge in [-0.15, -0.1) is 34.0 Å². The predicted octanol–water partition coefficient (Wildman–Crippen LogP) is 4.55. The van der Waals surface area contributed by atoms with Crippen molar-refractivity contribution in [3.63, 3.8) is 0 Å². The minimum Gasteiger partial charge on any atom is -0.371 e. The largest absolute Gasteiger partial charge is 0.371 e. The van der Waals surface area contributed by atoms with Crippen molar-refractivity contribution in [2.45, 2.75) is 12.2 Å². The smallest absolute Gasteiger partial charge is 0.262 e. The van der Waals surface area contributed by atoms with Crippen molar-refractivity contribution in [2.75, 3.05) is 21.3 Å². The van der Waals surface area contributed by atoms with E-state index in [1.54, 1.807) is 42.3 Å². The second kappa shape index (κ2) is 6.08. The quantitative estimate of drug-likeness (QED) is 0.587. The van der Waals surface area contributed by atoms with Gasteiger partial charge >= 0.3 is 0 Å². The molecule has 5 nitrogen and oxygen atoms in total. The first kappa shape index (κ1) is 17.3. The lowest BCUT2D eigenvalue weighted by Crippen LogP contribution is -2.24. The van der Waals surface area contributed by atoms with E-state index in [0.29, 0.717) is 11.1 Å². The van der Waals surface area contributed by atoms with Gasteiger partial charge in [-0.1, -0.05) is 0 Å². The zero-order valence-corrected chi connectivity index (χ0v) is 17.2. The SMILES string of the molecule is COC1c2cc(-c3scc4c3C(=O)N(C)C4=O)sc2C(OC)c2ccsc21. The van der Waals surface area contributed by atoms with Gasteiger partial charge in [0, 0.05) is 52.4 Å². The number of carbonyl (C=O) groups is 2. The summed E-state index contributed by atoms with van der Waals surface area (Å²) in [5.41, 5.74) is 3.23. The first-order chi connectivity index (χ1) is 13.1. The van der Waals surface area contributed by atoms with Crippen LogP contribution >= 0.6 is 34.0 Å². The molecule has 3 aromatic rings. The lowest BCUT2D eigenvalue weighted by atomic mass is 9.93. The molecule has 2 atom stereocenters. The molecule has 0 spiro atoms. The minimum atomic E-state index is -0.233. The van der Waals surface area contributed by atoms with Crippen LogP contribution < -0.4 is 0 Å². The van der Waals surface area contributed by atoms with E-state index in [1.165, 1.54) is 23.3 Å². The van der Waals surface area contributed by atoms with E-state index in [1.807, 2.05) is 0 Å². The van der Waals surface area contributed by atoms with Crippen molar-refractivity contribution >= 4 is 45.8 Å². The average molecular weight is 418 g/mol. The summed E-state index contributed by atoms with van der Waals surface area (Å²) in [6, 6.07) is 4.17. The van der Waals surface area contributed by atoms with E-state index in [4.69, 9.17) is 9.47 Å². The fraction of sp³-hybridized carbons (Fsp3) is 0.263. The Morgan fingerprint density at radius 1 is 1.00 bits per heavy atom. The van der Waals surface area contributed by atoms with Crippen LogP contribution in [0.4, 0.5) is 0 Å². The molecule has 2 aliphatic rings. The van der Waals surface area contributed by atoms with Crippen molar-refractivity contribution in [1.29, 1.82) is 0 Å². The number of carbonyl (C=O) groups excluding carboxylic acids is 2. The molecule has 3 aromatic heterocycles. The van der Waals surface area contributed by atoms with E-state index < -0.39 is 0 Å². The molecule has 5 rings (SSSR count). The van der Waals surface area contributed by atoms with Crippen LogP contribution in [-0.4, -0.2) is 38.0 Å².